The predicted octanol–water partition coefficient (Wildman–Crippen LogP) is 7.05. The van der Waals surface area contributed by atoms with Crippen LogP contribution in [0.3, 0.4) is 0 Å². The van der Waals surface area contributed by atoms with Crippen LogP contribution >= 0.6 is 34.7 Å². The first kappa shape index (κ1) is 24.5. The van der Waals surface area contributed by atoms with Crippen LogP contribution < -0.4 is 5.32 Å². The average molecular weight is 509 g/mol. The third kappa shape index (κ3) is 5.52. The fraction of sp³-hybridized carbons (Fsp3) is 0.308. The minimum absolute atomic E-state index is 0.0928. The number of thioether (sulfide) groups is 1. The fourth-order valence-corrected chi connectivity index (χ4v) is 6.49. The lowest BCUT2D eigenvalue weighted by Gasteiger charge is -2.17. The van der Waals surface area contributed by atoms with Crippen molar-refractivity contribution < 1.29 is 4.79 Å². The van der Waals surface area contributed by atoms with Crippen LogP contribution in [0.5, 0.6) is 0 Å². The lowest BCUT2D eigenvalue weighted by atomic mass is 9.88. The molecule has 5 nitrogen and oxygen atoms in total. The van der Waals surface area contributed by atoms with Crippen molar-refractivity contribution >= 4 is 57.5 Å². The Morgan fingerprint density at radius 1 is 1.41 bits per heavy atom. The SMILES string of the molecule is CC[C@@H](Sc1ccccc1N=Cc1cccnc1Cl)C(=O)Nc1sc2c(c1C#N)CC[C@@H](C)C2. The summed E-state index contributed by atoms with van der Waals surface area (Å²) < 4.78 is 0. The van der Waals surface area contributed by atoms with Gasteiger partial charge >= 0.3 is 0 Å². The molecule has 1 amide bonds. The number of benzene rings is 1. The zero-order valence-electron chi connectivity index (χ0n) is 19.0. The number of fused-ring (bicyclic) bond motifs is 1. The minimum atomic E-state index is -0.317. The van der Waals surface area contributed by atoms with Gasteiger partial charge in [0.15, 0.2) is 0 Å². The normalized spacial score (nSPS) is 16.1. The van der Waals surface area contributed by atoms with Crippen LogP contribution in [0.25, 0.3) is 0 Å². The van der Waals surface area contributed by atoms with Crippen LogP contribution in [0.2, 0.25) is 5.15 Å². The highest BCUT2D eigenvalue weighted by molar-refractivity contribution is 8.00. The molecule has 1 aliphatic carbocycles. The molecule has 3 aromatic rings. The third-order valence-electron chi connectivity index (χ3n) is 5.79. The van der Waals surface area contributed by atoms with Gasteiger partial charge in [0.1, 0.15) is 16.2 Å². The second kappa shape index (κ2) is 11.2. The van der Waals surface area contributed by atoms with Crippen LogP contribution in [0.1, 0.15) is 48.3 Å². The number of nitriles is 1. The maximum Gasteiger partial charge on any atom is 0.238 e. The van der Waals surface area contributed by atoms with Gasteiger partial charge in [0.25, 0.3) is 0 Å². The molecule has 0 saturated heterocycles. The molecule has 8 heteroatoms. The molecule has 0 radical (unpaired) electrons. The first-order valence-electron chi connectivity index (χ1n) is 11.3. The molecular weight excluding hydrogens is 484 g/mol. The van der Waals surface area contributed by atoms with E-state index in [0.29, 0.717) is 28.1 Å². The number of hydrogen-bond donors (Lipinski definition) is 1. The van der Waals surface area contributed by atoms with Gasteiger partial charge in [-0.25, -0.2) is 4.98 Å². The van der Waals surface area contributed by atoms with Gasteiger partial charge in [0.2, 0.25) is 5.91 Å². The number of nitrogens with zero attached hydrogens (tertiary/aromatic N) is 3. The molecule has 0 saturated carbocycles. The van der Waals surface area contributed by atoms with E-state index in [-0.39, 0.29) is 11.2 Å². The minimum Gasteiger partial charge on any atom is -0.316 e. The Balaban J connectivity index is 1.52. The van der Waals surface area contributed by atoms with Gasteiger partial charge in [-0.2, -0.15) is 5.26 Å². The molecule has 2 heterocycles. The second-order valence-corrected chi connectivity index (χ2v) is 11.0. The Labute approximate surface area is 213 Å². The number of aromatic nitrogens is 1. The lowest BCUT2D eigenvalue weighted by molar-refractivity contribution is -0.115. The molecule has 2 aromatic heterocycles. The summed E-state index contributed by atoms with van der Waals surface area (Å²) in [7, 11) is 0. The number of thiophene rings is 1. The maximum absolute atomic E-state index is 13.2. The summed E-state index contributed by atoms with van der Waals surface area (Å²) in [6.07, 6.45) is 6.93. The molecular formula is C26H25ClN4OS2. The number of anilines is 1. The highest BCUT2D eigenvalue weighted by atomic mass is 35.5. The first-order valence-corrected chi connectivity index (χ1v) is 13.3. The van der Waals surface area contributed by atoms with Crippen LogP contribution in [0, 0.1) is 17.2 Å². The van der Waals surface area contributed by atoms with E-state index in [1.165, 1.54) is 16.6 Å². The Morgan fingerprint density at radius 3 is 3.00 bits per heavy atom. The number of para-hydroxylation sites is 1. The zero-order chi connectivity index (χ0) is 24.1. The molecule has 1 aliphatic rings. The topological polar surface area (TPSA) is 78.1 Å². The molecule has 1 N–H and O–H groups in total. The molecule has 174 valence electrons. The summed E-state index contributed by atoms with van der Waals surface area (Å²) in [4.78, 5) is 24.0. The van der Waals surface area contributed by atoms with Gasteiger partial charge in [0.05, 0.1) is 16.5 Å². The number of aliphatic imine (C=N–C) groups is 1. The van der Waals surface area contributed by atoms with Crippen LogP contribution in [0.15, 0.2) is 52.5 Å². The number of nitrogens with one attached hydrogen (secondary N) is 1. The molecule has 2 atom stereocenters. The number of carbonyl (C=O) groups is 1. The van der Waals surface area contributed by atoms with Crippen LogP contribution in [-0.2, 0) is 17.6 Å². The van der Waals surface area contributed by atoms with Crippen molar-refractivity contribution in [1.82, 2.24) is 4.98 Å². The van der Waals surface area contributed by atoms with Crippen molar-refractivity contribution in [3.05, 3.63) is 69.3 Å². The molecule has 1 aromatic carbocycles. The summed E-state index contributed by atoms with van der Waals surface area (Å²) >= 11 is 9.18. The Morgan fingerprint density at radius 2 is 2.24 bits per heavy atom. The second-order valence-electron chi connectivity index (χ2n) is 8.28. The maximum atomic E-state index is 13.2. The van der Waals surface area contributed by atoms with E-state index in [0.717, 1.165) is 41.0 Å². The van der Waals surface area contributed by atoms with E-state index in [1.54, 1.807) is 23.7 Å². The first-order chi connectivity index (χ1) is 16.5. The van der Waals surface area contributed by atoms with Crippen molar-refractivity contribution in [3.8, 4) is 6.07 Å². The summed E-state index contributed by atoms with van der Waals surface area (Å²) in [5.74, 6) is 0.517. The number of rotatable bonds is 7. The number of pyridine rings is 1. The quantitative estimate of drug-likeness (QED) is 0.210. The molecule has 34 heavy (non-hydrogen) atoms. The molecule has 0 bridgehead atoms. The van der Waals surface area contributed by atoms with Gasteiger partial charge in [-0.1, -0.05) is 37.6 Å². The fourth-order valence-electron chi connectivity index (χ4n) is 3.92. The molecule has 4 rings (SSSR count). The largest absolute Gasteiger partial charge is 0.316 e. The highest BCUT2D eigenvalue weighted by Gasteiger charge is 2.26. The summed E-state index contributed by atoms with van der Waals surface area (Å²) in [6, 6.07) is 13.7. The van der Waals surface area contributed by atoms with Crippen molar-refractivity contribution in [1.29, 1.82) is 5.26 Å². The lowest BCUT2D eigenvalue weighted by Crippen LogP contribution is -2.24. The smallest absolute Gasteiger partial charge is 0.238 e. The third-order valence-corrected chi connectivity index (χ3v) is 8.71. The summed E-state index contributed by atoms with van der Waals surface area (Å²) in [6.45, 7) is 4.23. The number of hydrogen-bond acceptors (Lipinski definition) is 6. The van der Waals surface area contributed by atoms with E-state index < -0.39 is 0 Å². The summed E-state index contributed by atoms with van der Waals surface area (Å²) in [5.41, 5.74) is 3.25. The van der Waals surface area contributed by atoms with E-state index in [1.807, 2.05) is 43.3 Å². The van der Waals surface area contributed by atoms with E-state index >= 15 is 0 Å². The van der Waals surface area contributed by atoms with Crippen LogP contribution in [0.4, 0.5) is 10.7 Å². The standard InChI is InChI=1S/C26H25ClN4OS2/c1-3-21(25(32)31-26-19(14-28)18-11-10-16(2)13-23(18)34-26)33-22-9-5-4-8-20(22)30-15-17-7-6-12-29-24(17)27/h4-9,12,15-16,21H,3,10-11,13H2,1-2H3,(H,31,32)/t16-,21-/m1/s1. The van der Waals surface area contributed by atoms with Crippen molar-refractivity contribution in [2.45, 2.75) is 49.7 Å². The van der Waals surface area contributed by atoms with Crippen LogP contribution in [-0.4, -0.2) is 22.4 Å². The van der Waals surface area contributed by atoms with Gasteiger partial charge in [0, 0.05) is 27.7 Å². The molecule has 0 unspecified atom stereocenters. The highest BCUT2D eigenvalue weighted by Crippen LogP contribution is 2.40. The van der Waals surface area contributed by atoms with Crippen molar-refractivity contribution in [2.24, 2.45) is 10.9 Å². The number of amides is 1. The number of halogens is 1. The van der Waals surface area contributed by atoms with E-state index in [9.17, 15) is 10.1 Å². The van der Waals surface area contributed by atoms with Gasteiger partial charge in [-0.05, 0) is 61.4 Å². The van der Waals surface area contributed by atoms with Gasteiger partial charge in [-0.15, -0.1) is 23.1 Å². The Bertz CT molecular complexity index is 1260. The van der Waals surface area contributed by atoms with E-state index in [4.69, 9.17) is 11.6 Å². The van der Waals surface area contributed by atoms with Crippen molar-refractivity contribution in [3.63, 3.8) is 0 Å². The van der Waals surface area contributed by atoms with E-state index in [2.05, 4.69) is 28.3 Å². The molecule has 0 aliphatic heterocycles. The zero-order valence-corrected chi connectivity index (χ0v) is 21.4. The molecule has 0 fully saturated rings. The Kier molecular flexibility index (Phi) is 8.04. The summed E-state index contributed by atoms with van der Waals surface area (Å²) in [5, 5.41) is 13.6. The van der Waals surface area contributed by atoms with Gasteiger partial charge in [-0.3, -0.25) is 9.79 Å². The molecule has 0 spiro atoms. The average Bonchev–Trinajstić information content (AvgIpc) is 3.18. The van der Waals surface area contributed by atoms with Crippen molar-refractivity contribution in [2.75, 3.05) is 5.32 Å². The van der Waals surface area contributed by atoms with Gasteiger partial charge < -0.3 is 5.32 Å². The number of carbonyl (C=O) groups excluding carboxylic acids is 1. The Hall–Kier alpha value is -2.66. The predicted molar refractivity (Wildman–Crippen MR) is 142 cm³/mol. The monoisotopic (exact) mass is 508 g/mol.